The Morgan fingerprint density at radius 2 is 0.615 bits per heavy atom. The molecule has 3 heteroatoms. The van der Waals surface area contributed by atoms with E-state index in [4.69, 9.17) is 8.83 Å². The molecule has 14 rings (SSSR count). The van der Waals surface area contributed by atoms with Crippen molar-refractivity contribution in [2.24, 2.45) is 0 Å². The third kappa shape index (κ3) is 5.49. The molecule has 0 radical (unpaired) electrons. The van der Waals surface area contributed by atoms with Crippen molar-refractivity contribution in [1.82, 2.24) is 4.57 Å². The Bertz CT molecular complexity index is 4010. The molecule has 0 unspecified atom stereocenters. The molecule has 0 aliphatic heterocycles. The third-order valence-corrected chi connectivity index (χ3v) is 13.6. The van der Waals surface area contributed by atoms with Crippen LogP contribution in [0.15, 0.2) is 233 Å². The second-order valence-corrected chi connectivity index (χ2v) is 17.2. The lowest BCUT2D eigenvalue weighted by Crippen LogP contribution is -1.95. The molecule has 3 aromatic heterocycles. The highest BCUT2D eigenvalue weighted by molar-refractivity contribution is 6.22. The Hall–Kier alpha value is -8.66. The van der Waals surface area contributed by atoms with E-state index in [-0.39, 0.29) is 0 Å². The van der Waals surface area contributed by atoms with Crippen molar-refractivity contribution in [3.8, 4) is 50.2 Å². The van der Waals surface area contributed by atoms with Gasteiger partial charge in [0.2, 0.25) is 0 Å². The van der Waals surface area contributed by atoms with Crippen molar-refractivity contribution < 1.29 is 8.83 Å². The molecular formula is C62H37NO2. The number of fused-ring (bicyclic) bond motifs is 11. The molecule has 0 atom stereocenters. The van der Waals surface area contributed by atoms with Gasteiger partial charge in [-0.1, -0.05) is 152 Å². The molecule has 0 fully saturated rings. The van der Waals surface area contributed by atoms with Gasteiger partial charge in [-0.3, -0.25) is 0 Å². The van der Waals surface area contributed by atoms with E-state index < -0.39 is 0 Å². The molecule has 11 aromatic carbocycles. The van der Waals surface area contributed by atoms with E-state index in [2.05, 4.69) is 205 Å². The lowest BCUT2D eigenvalue weighted by molar-refractivity contribution is 0.668. The van der Waals surface area contributed by atoms with E-state index in [0.29, 0.717) is 0 Å². The lowest BCUT2D eigenvalue weighted by atomic mass is 9.86. The minimum Gasteiger partial charge on any atom is -0.456 e. The van der Waals surface area contributed by atoms with Gasteiger partial charge < -0.3 is 13.4 Å². The third-order valence-electron chi connectivity index (χ3n) is 13.6. The van der Waals surface area contributed by atoms with Crippen molar-refractivity contribution in [3.05, 3.63) is 224 Å². The van der Waals surface area contributed by atoms with Gasteiger partial charge >= 0.3 is 0 Å². The normalized spacial score (nSPS) is 12.0. The van der Waals surface area contributed by atoms with Gasteiger partial charge in [-0.2, -0.15) is 0 Å². The fourth-order valence-electron chi connectivity index (χ4n) is 10.6. The van der Waals surface area contributed by atoms with E-state index in [0.717, 1.165) is 82.9 Å². The summed E-state index contributed by atoms with van der Waals surface area (Å²) in [6, 6.07) is 81.3. The maximum absolute atomic E-state index is 6.23. The zero-order chi connectivity index (χ0) is 42.6. The van der Waals surface area contributed by atoms with Crippen LogP contribution in [0.4, 0.5) is 0 Å². The zero-order valence-corrected chi connectivity index (χ0v) is 35.1. The molecule has 0 amide bonds. The van der Waals surface area contributed by atoms with E-state index in [1.807, 2.05) is 24.3 Å². The molecule has 0 aliphatic rings. The van der Waals surface area contributed by atoms with Gasteiger partial charge in [0.15, 0.2) is 0 Å². The largest absolute Gasteiger partial charge is 0.456 e. The van der Waals surface area contributed by atoms with Crippen LogP contribution >= 0.6 is 0 Å². The van der Waals surface area contributed by atoms with Gasteiger partial charge in [-0.15, -0.1) is 0 Å². The molecule has 0 saturated carbocycles. The molecule has 302 valence electrons. The Morgan fingerprint density at radius 1 is 0.231 bits per heavy atom. The first kappa shape index (κ1) is 35.9. The van der Waals surface area contributed by atoms with Crippen molar-refractivity contribution in [2.75, 3.05) is 0 Å². The highest BCUT2D eigenvalue weighted by Crippen LogP contribution is 2.45. The summed E-state index contributed by atoms with van der Waals surface area (Å²) in [6.45, 7) is 0. The molecule has 14 aromatic rings. The standard InChI is InChI=1S/C62H37NO2/c1-2-13-38(14-3-1)61-47-19-4-6-21-49(47)62(50-22-7-5-20-48(50)61)43-15-12-16-44(33-43)63-55-29-25-39(41-27-31-59-53(36-41)45-17-8-10-23-57(45)64-59)34-51(55)52-35-40(26-30-56(52)63)42-28-32-60-54(37-42)46-18-9-11-24-58(46)65-60/h1-37H. The number of furan rings is 2. The minimum absolute atomic E-state index is 0.898. The highest BCUT2D eigenvalue weighted by atomic mass is 16.3. The smallest absolute Gasteiger partial charge is 0.135 e. The predicted octanol–water partition coefficient (Wildman–Crippen LogP) is 17.6. The first-order chi connectivity index (χ1) is 32.2. The Labute approximate surface area is 373 Å². The van der Waals surface area contributed by atoms with Gasteiger partial charge in [0.25, 0.3) is 0 Å². The fourth-order valence-corrected chi connectivity index (χ4v) is 10.6. The van der Waals surface area contributed by atoms with Crippen molar-refractivity contribution in [3.63, 3.8) is 0 Å². The summed E-state index contributed by atoms with van der Waals surface area (Å²) in [5, 5.41) is 11.9. The minimum atomic E-state index is 0.898. The Balaban J connectivity index is 0.993. The monoisotopic (exact) mass is 827 g/mol. The molecule has 0 N–H and O–H groups in total. The van der Waals surface area contributed by atoms with Gasteiger partial charge in [0.1, 0.15) is 22.3 Å². The van der Waals surface area contributed by atoms with Crippen molar-refractivity contribution in [2.45, 2.75) is 0 Å². The van der Waals surface area contributed by atoms with Crippen LogP contribution in [-0.2, 0) is 0 Å². The molecule has 0 saturated heterocycles. The van der Waals surface area contributed by atoms with Crippen LogP contribution in [0.5, 0.6) is 0 Å². The molecular weight excluding hydrogens is 791 g/mol. The number of hydrogen-bond donors (Lipinski definition) is 0. The quantitative estimate of drug-likeness (QED) is 0.162. The van der Waals surface area contributed by atoms with Gasteiger partial charge in [0, 0.05) is 38.0 Å². The van der Waals surface area contributed by atoms with E-state index >= 15 is 0 Å². The average Bonchev–Trinajstić information content (AvgIpc) is 4.04. The zero-order valence-electron chi connectivity index (χ0n) is 35.1. The summed E-state index contributed by atoms with van der Waals surface area (Å²) < 4.78 is 14.9. The van der Waals surface area contributed by atoms with Crippen LogP contribution in [0.3, 0.4) is 0 Å². The van der Waals surface area contributed by atoms with E-state index in [1.54, 1.807) is 0 Å². The summed E-state index contributed by atoms with van der Waals surface area (Å²) in [5.74, 6) is 0. The van der Waals surface area contributed by atoms with Crippen LogP contribution < -0.4 is 0 Å². The number of rotatable bonds is 5. The number of aromatic nitrogens is 1. The first-order valence-electron chi connectivity index (χ1n) is 22.2. The summed E-state index contributed by atoms with van der Waals surface area (Å²) in [5.41, 5.74) is 16.6. The maximum atomic E-state index is 6.23. The van der Waals surface area contributed by atoms with Gasteiger partial charge in [0.05, 0.1) is 11.0 Å². The lowest BCUT2D eigenvalue weighted by Gasteiger charge is -2.18. The van der Waals surface area contributed by atoms with Crippen molar-refractivity contribution in [1.29, 1.82) is 0 Å². The SMILES string of the molecule is c1ccc(-c2c3ccccc3c(-c3cccc(-n4c5ccc(-c6ccc7oc8ccccc8c7c6)cc5c5cc(-c6ccc7oc8ccccc8c7c6)ccc54)c3)c3ccccc23)cc1. The molecule has 3 nitrogen and oxygen atoms in total. The van der Waals surface area contributed by atoms with Crippen LogP contribution in [-0.4, -0.2) is 4.57 Å². The number of benzene rings is 11. The number of nitrogens with zero attached hydrogens (tertiary/aromatic N) is 1. The van der Waals surface area contributed by atoms with E-state index in [9.17, 15) is 0 Å². The van der Waals surface area contributed by atoms with Gasteiger partial charge in [-0.25, -0.2) is 0 Å². The summed E-state index contributed by atoms with van der Waals surface area (Å²) in [4.78, 5) is 0. The average molecular weight is 828 g/mol. The summed E-state index contributed by atoms with van der Waals surface area (Å²) >= 11 is 0. The van der Waals surface area contributed by atoms with Crippen molar-refractivity contribution >= 4 is 87.2 Å². The number of hydrogen-bond acceptors (Lipinski definition) is 2. The van der Waals surface area contributed by atoms with Crippen LogP contribution in [0.1, 0.15) is 0 Å². The second kappa shape index (κ2) is 13.9. The van der Waals surface area contributed by atoms with Crippen LogP contribution in [0.2, 0.25) is 0 Å². The van der Waals surface area contributed by atoms with E-state index in [1.165, 1.54) is 54.6 Å². The van der Waals surface area contributed by atoms with Crippen LogP contribution in [0, 0.1) is 0 Å². The molecule has 0 aliphatic carbocycles. The first-order valence-corrected chi connectivity index (χ1v) is 22.2. The number of para-hydroxylation sites is 2. The predicted molar refractivity (Wildman–Crippen MR) is 272 cm³/mol. The van der Waals surface area contributed by atoms with Gasteiger partial charge in [-0.05, 0) is 139 Å². The molecule has 0 spiro atoms. The Morgan fingerprint density at radius 3 is 1.12 bits per heavy atom. The molecule has 0 bridgehead atoms. The maximum Gasteiger partial charge on any atom is 0.135 e. The summed E-state index contributed by atoms with van der Waals surface area (Å²) in [6.07, 6.45) is 0. The second-order valence-electron chi connectivity index (χ2n) is 17.2. The highest BCUT2D eigenvalue weighted by Gasteiger charge is 2.20. The molecule has 3 heterocycles. The topological polar surface area (TPSA) is 31.2 Å². The summed E-state index contributed by atoms with van der Waals surface area (Å²) in [7, 11) is 0. The fraction of sp³-hybridized carbons (Fsp3) is 0. The molecule has 65 heavy (non-hydrogen) atoms. The Kier molecular flexibility index (Phi) is 7.69. The van der Waals surface area contributed by atoms with Crippen LogP contribution in [0.25, 0.3) is 137 Å².